The summed E-state index contributed by atoms with van der Waals surface area (Å²) in [7, 11) is -3.50. The summed E-state index contributed by atoms with van der Waals surface area (Å²) in [6.45, 7) is 6.47. The molecule has 28 heavy (non-hydrogen) atoms. The van der Waals surface area contributed by atoms with Crippen molar-refractivity contribution in [2.45, 2.75) is 37.8 Å². The van der Waals surface area contributed by atoms with E-state index < -0.39 is 10.0 Å². The number of likely N-dealkylation sites (tertiary alicyclic amines) is 1. The van der Waals surface area contributed by atoms with Crippen molar-refractivity contribution < 1.29 is 18.0 Å². The van der Waals surface area contributed by atoms with Crippen LogP contribution in [0.2, 0.25) is 0 Å². The molecule has 1 aliphatic heterocycles. The molecular formula is C19H25N3O4S2. The standard InChI is InChI=1S/C19H25N3O4S2/c1-12-17(13(2)21-18(12)14(3)23)19(24)22-8-4-6-15(11-22)10-20-28(25,26)16-7-5-9-27-16/h5,7,9,15,20-21H,4,6,8,10-11H2,1-3H3. The van der Waals surface area contributed by atoms with Crippen LogP contribution in [0.1, 0.15) is 51.9 Å². The average Bonchev–Trinajstić information content (AvgIpc) is 3.29. The number of nitrogens with one attached hydrogen (secondary N) is 2. The molecule has 0 aromatic carbocycles. The van der Waals surface area contributed by atoms with Gasteiger partial charge in [0.2, 0.25) is 10.0 Å². The summed E-state index contributed by atoms with van der Waals surface area (Å²) in [5, 5.41) is 1.73. The van der Waals surface area contributed by atoms with Gasteiger partial charge in [-0.15, -0.1) is 11.3 Å². The number of aryl methyl sites for hydroxylation is 1. The average molecular weight is 424 g/mol. The van der Waals surface area contributed by atoms with Gasteiger partial charge in [-0.2, -0.15) is 0 Å². The molecule has 2 aromatic heterocycles. The summed E-state index contributed by atoms with van der Waals surface area (Å²) in [5.41, 5.74) is 2.38. The van der Waals surface area contributed by atoms with E-state index in [-0.39, 0.29) is 17.6 Å². The van der Waals surface area contributed by atoms with E-state index in [2.05, 4.69) is 9.71 Å². The summed E-state index contributed by atoms with van der Waals surface area (Å²) in [6, 6.07) is 3.28. The van der Waals surface area contributed by atoms with Gasteiger partial charge in [0.1, 0.15) is 4.21 Å². The normalized spacial score (nSPS) is 17.7. The molecule has 1 unspecified atom stereocenters. The molecule has 1 aliphatic rings. The van der Waals surface area contributed by atoms with Crippen molar-refractivity contribution in [3.05, 3.63) is 40.0 Å². The van der Waals surface area contributed by atoms with Gasteiger partial charge in [-0.25, -0.2) is 13.1 Å². The number of amides is 1. The summed E-state index contributed by atoms with van der Waals surface area (Å²) in [5.74, 6) is -0.150. The largest absolute Gasteiger partial charge is 0.355 e. The molecule has 3 heterocycles. The van der Waals surface area contributed by atoms with Crippen molar-refractivity contribution in [1.82, 2.24) is 14.6 Å². The molecule has 0 spiro atoms. The van der Waals surface area contributed by atoms with Crippen LogP contribution < -0.4 is 4.72 Å². The maximum absolute atomic E-state index is 13.1. The van der Waals surface area contributed by atoms with Crippen molar-refractivity contribution in [2.24, 2.45) is 5.92 Å². The number of H-pyrrole nitrogens is 1. The monoisotopic (exact) mass is 423 g/mol. The Morgan fingerprint density at radius 3 is 2.71 bits per heavy atom. The Bertz CT molecular complexity index is 977. The highest BCUT2D eigenvalue weighted by Crippen LogP contribution is 2.24. The molecule has 0 bridgehead atoms. The Hall–Kier alpha value is -1.97. The number of hydrogen-bond donors (Lipinski definition) is 2. The molecule has 1 saturated heterocycles. The fraction of sp³-hybridized carbons (Fsp3) is 0.474. The van der Waals surface area contributed by atoms with Gasteiger partial charge in [-0.1, -0.05) is 6.07 Å². The zero-order valence-electron chi connectivity index (χ0n) is 16.2. The minimum absolute atomic E-state index is 0.0549. The molecule has 2 N–H and O–H groups in total. The fourth-order valence-corrected chi connectivity index (χ4v) is 5.87. The van der Waals surface area contributed by atoms with Gasteiger partial charge in [0.05, 0.1) is 11.3 Å². The third-order valence-electron chi connectivity index (χ3n) is 5.13. The molecule has 0 aliphatic carbocycles. The third-order valence-corrected chi connectivity index (χ3v) is 7.95. The number of piperidine rings is 1. The lowest BCUT2D eigenvalue weighted by atomic mass is 9.97. The van der Waals surface area contributed by atoms with Gasteiger partial charge in [0.25, 0.3) is 5.91 Å². The van der Waals surface area contributed by atoms with Crippen LogP contribution >= 0.6 is 11.3 Å². The van der Waals surface area contributed by atoms with E-state index in [0.717, 1.165) is 12.8 Å². The number of aromatic nitrogens is 1. The van der Waals surface area contributed by atoms with Gasteiger partial charge in [0.15, 0.2) is 5.78 Å². The molecular weight excluding hydrogens is 398 g/mol. The molecule has 7 nitrogen and oxygen atoms in total. The van der Waals surface area contributed by atoms with Gasteiger partial charge >= 0.3 is 0 Å². The Kier molecular flexibility index (Phi) is 6.07. The van der Waals surface area contributed by atoms with Crippen LogP contribution in [0.5, 0.6) is 0 Å². The minimum Gasteiger partial charge on any atom is -0.355 e. The predicted octanol–water partition coefficient (Wildman–Crippen LogP) is 2.73. The lowest BCUT2D eigenvalue weighted by molar-refractivity contribution is 0.0675. The highest BCUT2D eigenvalue weighted by molar-refractivity contribution is 7.91. The number of carbonyl (C=O) groups is 2. The molecule has 0 radical (unpaired) electrons. The van der Waals surface area contributed by atoms with E-state index in [1.807, 2.05) is 0 Å². The Labute approximate surface area is 169 Å². The number of ketones is 1. The van der Waals surface area contributed by atoms with Gasteiger partial charge < -0.3 is 9.88 Å². The number of carbonyl (C=O) groups excluding carboxylic acids is 2. The molecule has 3 rings (SSSR count). The first kappa shape index (κ1) is 20.8. The second-order valence-electron chi connectivity index (χ2n) is 7.22. The highest BCUT2D eigenvalue weighted by atomic mass is 32.2. The van der Waals surface area contributed by atoms with E-state index in [1.165, 1.54) is 18.3 Å². The van der Waals surface area contributed by atoms with Crippen molar-refractivity contribution in [3.63, 3.8) is 0 Å². The lowest BCUT2D eigenvalue weighted by Gasteiger charge is -2.33. The van der Waals surface area contributed by atoms with E-state index >= 15 is 0 Å². The maximum Gasteiger partial charge on any atom is 0.255 e. The minimum atomic E-state index is -3.50. The number of sulfonamides is 1. The number of rotatable bonds is 6. The van der Waals surface area contributed by atoms with E-state index in [0.29, 0.717) is 46.4 Å². The third kappa shape index (κ3) is 4.21. The van der Waals surface area contributed by atoms with Crippen LogP contribution in [0, 0.1) is 19.8 Å². The van der Waals surface area contributed by atoms with Crippen LogP contribution in [0.25, 0.3) is 0 Å². The van der Waals surface area contributed by atoms with Crippen LogP contribution in [-0.4, -0.2) is 49.6 Å². The smallest absolute Gasteiger partial charge is 0.255 e. The molecule has 1 atom stereocenters. The molecule has 9 heteroatoms. The van der Waals surface area contributed by atoms with Crippen molar-refractivity contribution in [1.29, 1.82) is 0 Å². The van der Waals surface area contributed by atoms with Crippen LogP contribution in [0.15, 0.2) is 21.7 Å². The zero-order valence-corrected chi connectivity index (χ0v) is 17.9. The number of thiophene rings is 1. The van der Waals surface area contributed by atoms with Crippen LogP contribution in [0.3, 0.4) is 0 Å². The quantitative estimate of drug-likeness (QED) is 0.698. The maximum atomic E-state index is 13.1. The Balaban J connectivity index is 1.68. The Morgan fingerprint density at radius 2 is 2.11 bits per heavy atom. The van der Waals surface area contributed by atoms with E-state index in [9.17, 15) is 18.0 Å². The number of Topliss-reactive ketones (excluding diaryl/α,β-unsaturated/α-hetero) is 1. The summed E-state index contributed by atoms with van der Waals surface area (Å²) < 4.78 is 27.6. The molecule has 2 aromatic rings. The zero-order chi connectivity index (χ0) is 20.5. The van der Waals surface area contributed by atoms with Crippen molar-refractivity contribution in [2.75, 3.05) is 19.6 Å². The number of hydrogen-bond acceptors (Lipinski definition) is 5. The van der Waals surface area contributed by atoms with Crippen molar-refractivity contribution >= 4 is 33.1 Å². The molecule has 152 valence electrons. The summed E-state index contributed by atoms with van der Waals surface area (Å²) in [6.07, 6.45) is 1.68. The number of nitrogens with zero attached hydrogens (tertiary/aromatic N) is 1. The number of aromatic amines is 1. The van der Waals surface area contributed by atoms with Crippen LogP contribution in [0.4, 0.5) is 0 Å². The Morgan fingerprint density at radius 1 is 1.36 bits per heavy atom. The molecule has 1 fully saturated rings. The second-order valence-corrected chi connectivity index (χ2v) is 10.2. The van der Waals surface area contributed by atoms with Crippen molar-refractivity contribution in [3.8, 4) is 0 Å². The predicted molar refractivity (Wildman–Crippen MR) is 108 cm³/mol. The van der Waals surface area contributed by atoms with E-state index in [1.54, 1.807) is 36.3 Å². The second kappa shape index (κ2) is 8.18. The molecule has 0 saturated carbocycles. The first-order valence-corrected chi connectivity index (χ1v) is 11.6. The summed E-state index contributed by atoms with van der Waals surface area (Å²) in [4.78, 5) is 29.6. The fourth-order valence-electron chi connectivity index (χ4n) is 3.71. The first-order chi connectivity index (χ1) is 13.2. The first-order valence-electron chi connectivity index (χ1n) is 9.23. The lowest BCUT2D eigenvalue weighted by Crippen LogP contribution is -2.43. The van der Waals surface area contributed by atoms with Gasteiger partial charge in [-0.3, -0.25) is 9.59 Å². The van der Waals surface area contributed by atoms with Crippen LogP contribution in [-0.2, 0) is 10.0 Å². The van der Waals surface area contributed by atoms with E-state index in [4.69, 9.17) is 0 Å². The summed E-state index contributed by atoms with van der Waals surface area (Å²) >= 11 is 1.18. The van der Waals surface area contributed by atoms with Gasteiger partial charge in [0, 0.05) is 32.3 Å². The highest BCUT2D eigenvalue weighted by Gasteiger charge is 2.29. The SMILES string of the molecule is CC(=O)c1[nH]c(C)c(C(=O)N2CCCC(CNS(=O)(=O)c3cccs3)C2)c1C. The molecule has 1 amide bonds. The van der Waals surface area contributed by atoms with Gasteiger partial charge in [-0.05, 0) is 49.6 Å². The topological polar surface area (TPSA) is 99.3 Å².